The lowest BCUT2D eigenvalue weighted by atomic mass is 10.3. The molecule has 0 unspecified atom stereocenters. The summed E-state index contributed by atoms with van der Waals surface area (Å²) < 4.78 is 17.7. The van der Waals surface area contributed by atoms with E-state index in [4.69, 9.17) is 14.2 Å². The fraction of sp³-hybridized carbons (Fsp3) is 0.333. The van der Waals surface area contributed by atoms with Crippen LogP contribution in [-0.2, 0) is 9.47 Å². The number of H-pyrrole nitrogens is 1. The highest BCUT2D eigenvalue weighted by Gasteiger charge is 2.14. The van der Waals surface area contributed by atoms with Gasteiger partial charge in [0.25, 0.3) is 5.56 Å². The third-order valence-electron chi connectivity index (χ3n) is 3.69. The summed E-state index contributed by atoms with van der Waals surface area (Å²) in [6, 6.07) is 8.13. The van der Waals surface area contributed by atoms with Gasteiger partial charge >= 0.3 is 6.01 Å². The van der Waals surface area contributed by atoms with E-state index in [-0.39, 0.29) is 23.9 Å². The van der Waals surface area contributed by atoms with Crippen LogP contribution in [0.4, 0.5) is 0 Å². The molecule has 8 nitrogen and oxygen atoms in total. The molecular formula is C18H21N3O5. The molecular weight excluding hydrogens is 338 g/mol. The largest absolute Gasteiger partial charge is 0.508 e. The van der Waals surface area contributed by atoms with Gasteiger partial charge in [0.05, 0.1) is 31.0 Å². The molecule has 0 radical (unpaired) electrons. The van der Waals surface area contributed by atoms with Gasteiger partial charge in [-0.25, -0.2) is 4.57 Å². The highest BCUT2D eigenvalue weighted by Crippen LogP contribution is 2.19. The number of aromatic amines is 1. The van der Waals surface area contributed by atoms with Gasteiger partial charge in [-0.3, -0.25) is 4.79 Å². The first kappa shape index (κ1) is 18.0. The molecule has 0 spiro atoms. The van der Waals surface area contributed by atoms with Crippen LogP contribution in [-0.4, -0.2) is 52.7 Å². The molecule has 0 bridgehead atoms. The summed E-state index contributed by atoms with van der Waals surface area (Å²) in [5, 5.41) is 9.48. The minimum absolute atomic E-state index is 0.112. The van der Waals surface area contributed by atoms with Crippen molar-refractivity contribution in [1.29, 1.82) is 0 Å². The third-order valence-corrected chi connectivity index (χ3v) is 3.69. The van der Waals surface area contributed by atoms with Gasteiger partial charge in [-0.1, -0.05) is 0 Å². The fourth-order valence-corrected chi connectivity index (χ4v) is 2.46. The number of phenolic OH excluding ortho intramolecular Hbond substituents is 1. The number of nitrogens with one attached hydrogen (secondary N) is 1. The number of phenols is 1. The Morgan fingerprint density at radius 3 is 2.58 bits per heavy atom. The molecule has 0 aliphatic rings. The zero-order valence-electron chi connectivity index (χ0n) is 14.5. The normalized spacial score (nSPS) is 11.1. The van der Waals surface area contributed by atoms with E-state index in [0.717, 1.165) is 0 Å². The monoisotopic (exact) mass is 359 g/mol. The summed E-state index contributed by atoms with van der Waals surface area (Å²) in [6.45, 7) is 4.18. The van der Waals surface area contributed by atoms with Gasteiger partial charge < -0.3 is 24.3 Å². The fourth-order valence-electron chi connectivity index (χ4n) is 2.46. The maximum atomic E-state index is 12.8. The molecule has 138 valence electrons. The second-order valence-electron chi connectivity index (χ2n) is 5.45. The Morgan fingerprint density at radius 2 is 1.81 bits per heavy atom. The molecule has 0 saturated heterocycles. The number of hydrogen-bond acceptors (Lipinski definition) is 6. The summed E-state index contributed by atoms with van der Waals surface area (Å²) in [4.78, 5) is 20.1. The van der Waals surface area contributed by atoms with Crippen LogP contribution in [0, 0.1) is 0 Å². The number of benzene rings is 1. The number of rotatable bonds is 9. The van der Waals surface area contributed by atoms with E-state index >= 15 is 0 Å². The van der Waals surface area contributed by atoms with Crippen LogP contribution in [0.25, 0.3) is 16.7 Å². The molecule has 2 aromatic heterocycles. The van der Waals surface area contributed by atoms with Crippen LogP contribution in [0.3, 0.4) is 0 Å². The zero-order chi connectivity index (χ0) is 18.4. The third kappa shape index (κ3) is 4.04. The lowest BCUT2D eigenvalue weighted by Crippen LogP contribution is -2.23. The minimum Gasteiger partial charge on any atom is -0.508 e. The van der Waals surface area contributed by atoms with Crippen LogP contribution in [0.1, 0.15) is 6.92 Å². The quantitative estimate of drug-likeness (QED) is 0.566. The topological polar surface area (TPSA) is 98.6 Å². The lowest BCUT2D eigenvalue weighted by molar-refractivity contribution is 0.0389. The number of aromatic nitrogens is 3. The molecule has 26 heavy (non-hydrogen) atoms. The molecule has 8 heteroatoms. The summed E-state index contributed by atoms with van der Waals surface area (Å²) in [5.74, 6) is 0.112. The second-order valence-corrected chi connectivity index (χ2v) is 5.45. The Bertz CT molecular complexity index is 901. The molecule has 3 aromatic rings. The Hall–Kier alpha value is -2.84. The number of nitrogens with zero attached hydrogens (tertiary/aromatic N) is 2. The van der Waals surface area contributed by atoms with E-state index in [1.807, 2.05) is 6.92 Å². The first-order chi connectivity index (χ1) is 12.7. The first-order valence-corrected chi connectivity index (χ1v) is 8.38. The highest BCUT2D eigenvalue weighted by atomic mass is 16.5. The van der Waals surface area contributed by atoms with Crippen LogP contribution in [0.5, 0.6) is 11.8 Å². The molecule has 0 atom stereocenters. The summed E-state index contributed by atoms with van der Waals surface area (Å²) in [5.41, 5.74) is 1.18. The molecule has 0 aliphatic carbocycles. The van der Waals surface area contributed by atoms with Crippen LogP contribution in [0.2, 0.25) is 0 Å². The minimum atomic E-state index is -0.280. The smallest absolute Gasteiger partial charge is 0.304 e. The average molecular weight is 359 g/mol. The van der Waals surface area contributed by atoms with Gasteiger partial charge in [0.1, 0.15) is 17.9 Å². The van der Waals surface area contributed by atoms with Crippen LogP contribution in [0.15, 0.2) is 41.3 Å². The lowest BCUT2D eigenvalue weighted by Gasteiger charge is -2.13. The number of ether oxygens (including phenoxy) is 3. The molecule has 0 aliphatic heterocycles. The average Bonchev–Trinajstić information content (AvgIpc) is 3.11. The summed E-state index contributed by atoms with van der Waals surface area (Å²) >= 11 is 0. The molecule has 2 heterocycles. The van der Waals surface area contributed by atoms with E-state index in [0.29, 0.717) is 43.1 Å². The molecule has 2 N–H and O–H groups in total. The summed E-state index contributed by atoms with van der Waals surface area (Å²) in [7, 11) is 0. The number of fused-ring (bicyclic) bond motifs is 1. The van der Waals surface area contributed by atoms with Crippen molar-refractivity contribution < 1.29 is 19.3 Å². The van der Waals surface area contributed by atoms with Crippen molar-refractivity contribution in [2.75, 3.05) is 33.0 Å². The van der Waals surface area contributed by atoms with Crippen LogP contribution >= 0.6 is 0 Å². The van der Waals surface area contributed by atoms with Gasteiger partial charge in [0.2, 0.25) is 0 Å². The van der Waals surface area contributed by atoms with Gasteiger partial charge in [-0.2, -0.15) is 4.98 Å². The van der Waals surface area contributed by atoms with E-state index < -0.39 is 0 Å². The maximum absolute atomic E-state index is 12.8. The SMILES string of the molecule is CCOCCOCCOc1nc2cc[nH]c2c(=O)n1-c1ccc(O)cc1. The van der Waals surface area contributed by atoms with Crippen molar-refractivity contribution in [3.63, 3.8) is 0 Å². The van der Waals surface area contributed by atoms with Crippen molar-refractivity contribution in [3.05, 3.63) is 46.9 Å². The number of hydrogen-bond donors (Lipinski definition) is 2. The second kappa shape index (κ2) is 8.50. The van der Waals surface area contributed by atoms with Crippen molar-refractivity contribution >= 4 is 11.0 Å². The molecule has 1 aromatic carbocycles. The van der Waals surface area contributed by atoms with Gasteiger partial charge in [0, 0.05) is 12.8 Å². The van der Waals surface area contributed by atoms with Gasteiger partial charge in [-0.15, -0.1) is 0 Å². The van der Waals surface area contributed by atoms with Crippen LogP contribution < -0.4 is 10.3 Å². The Morgan fingerprint density at radius 1 is 1.08 bits per heavy atom. The zero-order valence-corrected chi connectivity index (χ0v) is 14.5. The first-order valence-electron chi connectivity index (χ1n) is 8.38. The molecule has 0 fully saturated rings. The van der Waals surface area contributed by atoms with E-state index in [1.165, 1.54) is 16.7 Å². The predicted molar refractivity (Wildman–Crippen MR) is 96.2 cm³/mol. The Balaban J connectivity index is 1.80. The van der Waals surface area contributed by atoms with E-state index in [1.54, 1.807) is 24.4 Å². The number of aromatic hydroxyl groups is 1. The van der Waals surface area contributed by atoms with Crippen molar-refractivity contribution in [1.82, 2.24) is 14.5 Å². The highest BCUT2D eigenvalue weighted by molar-refractivity contribution is 5.74. The van der Waals surface area contributed by atoms with Crippen molar-refractivity contribution in [3.8, 4) is 17.4 Å². The van der Waals surface area contributed by atoms with E-state index in [9.17, 15) is 9.90 Å². The molecule has 3 rings (SSSR count). The predicted octanol–water partition coefficient (Wildman–Crippen LogP) is 1.85. The maximum Gasteiger partial charge on any atom is 0.304 e. The van der Waals surface area contributed by atoms with Crippen molar-refractivity contribution in [2.24, 2.45) is 0 Å². The Labute approximate surface area is 150 Å². The molecule has 0 amide bonds. The van der Waals surface area contributed by atoms with E-state index in [2.05, 4.69) is 9.97 Å². The summed E-state index contributed by atoms with van der Waals surface area (Å²) in [6.07, 6.45) is 1.65. The van der Waals surface area contributed by atoms with Gasteiger partial charge in [-0.05, 0) is 37.3 Å². The Kier molecular flexibility index (Phi) is 5.88. The van der Waals surface area contributed by atoms with Crippen molar-refractivity contribution in [2.45, 2.75) is 6.92 Å². The molecule has 0 saturated carbocycles. The van der Waals surface area contributed by atoms with Gasteiger partial charge in [0.15, 0.2) is 0 Å². The standard InChI is InChI=1S/C18H21N3O5/c1-2-24-9-10-25-11-12-26-18-20-15-7-8-19-16(15)17(23)21(18)13-3-5-14(22)6-4-13/h3-8,19,22H,2,9-12H2,1H3.